The molecule has 4 rings (SSSR count). The van der Waals surface area contributed by atoms with Crippen molar-refractivity contribution in [2.24, 2.45) is 23.7 Å². The zero-order valence-corrected chi connectivity index (χ0v) is 22.0. The van der Waals surface area contributed by atoms with Crippen LogP contribution in [0.2, 0.25) is 0 Å². The number of aliphatic hydroxyl groups excluding tert-OH is 4. The lowest BCUT2D eigenvalue weighted by atomic mass is 9.71. The minimum atomic E-state index is -0.251. The van der Waals surface area contributed by atoms with E-state index < -0.39 is 0 Å². The maximum Gasteiger partial charge on any atom is 0.0583 e. The Morgan fingerprint density at radius 3 is 0.943 bits per heavy atom. The Hall–Kier alpha value is -0.240. The lowest BCUT2D eigenvalue weighted by Crippen LogP contribution is -2.53. The van der Waals surface area contributed by atoms with E-state index in [1.165, 1.54) is 25.7 Å². The minimum Gasteiger partial charge on any atom is -0.393 e. The Labute approximate surface area is 213 Å². The van der Waals surface area contributed by atoms with E-state index in [-0.39, 0.29) is 60.2 Å². The van der Waals surface area contributed by atoms with Crippen LogP contribution in [0.25, 0.3) is 0 Å². The van der Waals surface area contributed by atoms with E-state index in [2.05, 4.69) is 10.6 Å². The van der Waals surface area contributed by atoms with Gasteiger partial charge in [-0.25, -0.2) is 0 Å². The predicted octanol–water partition coefficient (Wildman–Crippen LogP) is 3.50. The van der Waals surface area contributed by atoms with Crippen LogP contribution >= 0.6 is 0 Å². The predicted molar refractivity (Wildman–Crippen MR) is 140 cm³/mol. The average Bonchev–Trinajstić information content (AvgIpc) is 2.86. The summed E-state index contributed by atoms with van der Waals surface area (Å²) in [7, 11) is 0. The Balaban J connectivity index is 1.32. The van der Waals surface area contributed by atoms with E-state index in [1.54, 1.807) is 0 Å². The quantitative estimate of drug-likeness (QED) is 0.260. The highest BCUT2D eigenvalue weighted by Crippen LogP contribution is 2.37. The zero-order valence-electron chi connectivity index (χ0n) is 22.0. The van der Waals surface area contributed by atoms with Crippen molar-refractivity contribution in [2.45, 2.75) is 146 Å². The van der Waals surface area contributed by atoms with Crippen LogP contribution in [0.1, 0.15) is 109 Å². The average molecular weight is 495 g/mol. The first-order valence-electron chi connectivity index (χ1n) is 15.2. The third-order valence-electron chi connectivity index (χ3n) is 10.1. The molecule has 0 heterocycles. The first-order chi connectivity index (χ1) is 17.1. The van der Waals surface area contributed by atoms with E-state index in [0.717, 1.165) is 96.6 Å². The fraction of sp³-hybridized carbons (Fsp3) is 1.00. The van der Waals surface area contributed by atoms with Gasteiger partial charge in [0.15, 0.2) is 0 Å². The van der Waals surface area contributed by atoms with Gasteiger partial charge in [-0.15, -0.1) is 0 Å². The molecule has 0 spiro atoms. The van der Waals surface area contributed by atoms with Gasteiger partial charge in [0.25, 0.3) is 0 Å². The molecule has 0 aromatic carbocycles. The first kappa shape index (κ1) is 27.8. The van der Waals surface area contributed by atoms with Crippen LogP contribution in [0.4, 0.5) is 0 Å². The van der Waals surface area contributed by atoms with Gasteiger partial charge in [-0.05, 0) is 70.9 Å². The summed E-state index contributed by atoms with van der Waals surface area (Å²) in [6.45, 7) is 1.74. The van der Waals surface area contributed by atoms with Crippen LogP contribution in [0.3, 0.4) is 0 Å². The van der Waals surface area contributed by atoms with Crippen molar-refractivity contribution in [1.82, 2.24) is 10.6 Å². The van der Waals surface area contributed by atoms with Crippen LogP contribution in [0.15, 0.2) is 0 Å². The summed E-state index contributed by atoms with van der Waals surface area (Å²) < 4.78 is 0. The van der Waals surface area contributed by atoms with Gasteiger partial charge in [0, 0.05) is 35.8 Å². The van der Waals surface area contributed by atoms with Gasteiger partial charge in [0.2, 0.25) is 0 Å². The largest absolute Gasteiger partial charge is 0.393 e. The molecule has 8 atom stereocenters. The third kappa shape index (κ3) is 7.42. The second-order valence-electron chi connectivity index (χ2n) is 12.4. The summed E-state index contributed by atoms with van der Waals surface area (Å²) in [4.78, 5) is 0. The molecule has 4 aliphatic rings. The Bertz CT molecular complexity index is 513. The lowest BCUT2D eigenvalue weighted by molar-refractivity contribution is -0.0140. The highest BCUT2D eigenvalue weighted by atomic mass is 16.3. The molecule has 6 nitrogen and oxygen atoms in total. The summed E-state index contributed by atoms with van der Waals surface area (Å²) in [5.41, 5.74) is 0. The van der Waals surface area contributed by atoms with Crippen LogP contribution in [-0.4, -0.2) is 70.0 Å². The van der Waals surface area contributed by atoms with Gasteiger partial charge in [-0.1, -0.05) is 51.4 Å². The van der Waals surface area contributed by atoms with Crippen molar-refractivity contribution in [3.63, 3.8) is 0 Å². The molecule has 0 aromatic heterocycles. The van der Waals surface area contributed by atoms with E-state index in [1.807, 2.05) is 0 Å². The van der Waals surface area contributed by atoms with Crippen molar-refractivity contribution >= 4 is 0 Å². The molecule has 8 unspecified atom stereocenters. The minimum absolute atomic E-state index is 0.191. The second kappa shape index (κ2) is 14.1. The lowest BCUT2D eigenvalue weighted by Gasteiger charge is -2.43. The molecular weight excluding hydrogens is 440 g/mol. The molecule has 0 amide bonds. The van der Waals surface area contributed by atoms with Gasteiger partial charge in [0.05, 0.1) is 24.4 Å². The standard InChI is InChI=1S/C29H54N2O4/c32-24-14-5-1-10-20(24)28(21-11-2-6-15-25(21)33)30-18-9-19-31-29(22-12-3-7-16-26(22)34)23-13-4-8-17-27(23)35/h20-35H,1-19H2. The summed E-state index contributed by atoms with van der Waals surface area (Å²) in [6, 6.07) is 0.383. The van der Waals surface area contributed by atoms with Crippen LogP contribution < -0.4 is 10.6 Å². The van der Waals surface area contributed by atoms with E-state index in [9.17, 15) is 20.4 Å². The molecule has 0 bridgehead atoms. The van der Waals surface area contributed by atoms with Gasteiger partial charge < -0.3 is 31.1 Å². The maximum absolute atomic E-state index is 10.8. The third-order valence-corrected chi connectivity index (χ3v) is 10.1. The number of aliphatic hydroxyl groups is 4. The fourth-order valence-electron chi connectivity index (χ4n) is 8.10. The highest BCUT2D eigenvalue weighted by Gasteiger charge is 2.40. The molecule has 0 saturated heterocycles. The molecule has 204 valence electrons. The number of hydrogen-bond donors (Lipinski definition) is 6. The SMILES string of the molecule is OC1CCCCC1C(NCCCNC(C1CCCCC1O)C1CCCCC1O)C1CCCCC1O. The summed E-state index contributed by atoms with van der Waals surface area (Å²) >= 11 is 0. The van der Waals surface area contributed by atoms with Crippen LogP contribution in [0, 0.1) is 23.7 Å². The second-order valence-corrected chi connectivity index (χ2v) is 12.4. The molecular formula is C29H54N2O4. The van der Waals surface area contributed by atoms with Crippen LogP contribution in [-0.2, 0) is 0 Å². The molecule has 0 aliphatic heterocycles. The van der Waals surface area contributed by atoms with Crippen molar-refractivity contribution in [3.05, 3.63) is 0 Å². The number of rotatable bonds is 10. The Kier molecular flexibility index (Phi) is 11.2. The van der Waals surface area contributed by atoms with Gasteiger partial charge in [0.1, 0.15) is 0 Å². The molecule has 4 aliphatic carbocycles. The Morgan fingerprint density at radius 2 is 0.686 bits per heavy atom. The molecule has 35 heavy (non-hydrogen) atoms. The molecule has 0 aromatic rings. The van der Waals surface area contributed by atoms with Crippen molar-refractivity contribution in [2.75, 3.05) is 13.1 Å². The summed E-state index contributed by atoms with van der Waals surface area (Å²) in [5, 5.41) is 50.8. The van der Waals surface area contributed by atoms with Crippen molar-refractivity contribution in [1.29, 1.82) is 0 Å². The van der Waals surface area contributed by atoms with Gasteiger partial charge in [-0.3, -0.25) is 0 Å². The summed E-state index contributed by atoms with van der Waals surface area (Å²) in [5.74, 6) is 0.989. The monoisotopic (exact) mass is 494 g/mol. The normalized spacial score (nSPS) is 40.8. The smallest absolute Gasteiger partial charge is 0.0583 e. The van der Waals surface area contributed by atoms with Crippen molar-refractivity contribution < 1.29 is 20.4 Å². The molecule has 0 radical (unpaired) electrons. The fourth-order valence-corrected chi connectivity index (χ4v) is 8.10. The van der Waals surface area contributed by atoms with Crippen LogP contribution in [0.5, 0.6) is 0 Å². The zero-order chi connectivity index (χ0) is 24.6. The Morgan fingerprint density at radius 1 is 0.429 bits per heavy atom. The van der Waals surface area contributed by atoms with E-state index in [0.29, 0.717) is 0 Å². The number of hydrogen-bond acceptors (Lipinski definition) is 6. The molecule has 4 fully saturated rings. The van der Waals surface area contributed by atoms with E-state index >= 15 is 0 Å². The molecule has 6 heteroatoms. The highest BCUT2D eigenvalue weighted by molar-refractivity contribution is 4.95. The topological polar surface area (TPSA) is 105 Å². The molecule has 6 N–H and O–H groups in total. The summed E-state index contributed by atoms with van der Waals surface area (Å²) in [6.07, 6.45) is 16.9. The first-order valence-corrected chi connectivity index (χ1v) is 15.2. The number of nitrogens with one attached hydrogen (secondary N) is 2. The maximum atomic E-state index is 10.8. The molecule has 4 saturated carbocycles. The van der Waals surface area contributed by atoms with Gasteiger partial charge >= 0.3 is 0 Å². The van der Waals surface area contributed by atoms with Gasteiger partial charge in [-0.2, -0.15) is 0 Å². The van der Waals surface area contributed by atoms with Crippen molar-refractivity contribution in [3.8, 4) is 0 Å². The van der Waals surface area contributed by atoms with E-state index in [4.69, 9.17) is 0 Å².